The molecule has 0 aliphatic rings. The van der Waals surface area contributed by atoms with E-state index in [0.717, 1.165) is 26.6 Å². The zero-order valence-electron chi connectivity index (χ0n) is 11.0. The summed E-state index contributed by atoms with van der Waals surface area (Å²) < 4.78 is 0. The Hall–Kier alpha value is -1.49. The van der Waals surface area contributed by atoms with Gasteiger partial charge in [-0.1, -0.05) is 35.5 Å². The maximum absolute atomic E-state index is 6.26. The summed E-state index contributed by atoms with van der Waals surface area (Å²) in [7, 11) is 0. The van der Waals surface area contributed by atoms with Crippen LogP contribution in [0.15, 0.2) is 46.5 Å². The molecule has 0 amide bonds. The minimum atomic E-state index is 0.495. The van der Waals surface area contributed by atoms with Crippen molar-refractivity contribution in [2.24, 2.45) is 5.73 Å². The number of H-pyrrole nitrogens is 1. The molecule has 3 rings (SSSR count). The van der Waals surface area contributed by atoms with Gasteiger partial charge in [-0.2, -0.15) is 0 Å². The van der Waals surface area contributed by atoms with Crippen LogP contribution >= 0.6 is 23.4 Å². The van der Waals surface area contributed by atoms with Crippen molar-refractivity contribution in [3.63, 3.8) is 0 Å². The number of benzene rings is 2. The fraction of sp³-hybridized carbons (Fsp3) is 0.133. The number of hydrogen-bond acceptors (Lipinski definition) is 3. The maximum Gasteiger partial charge on any atom is 0.171 e. The van der Waals surface area contributed by atoms with E-state index in [-0.39, 0.29) is 0 Å². The van der Waals surface area contributed by atoms with Crippen LogP contribution in [0.2, 0.25) is 5.02 Å². The van der Waals surface area contributed by atoms with E-state index in [1.807, 2.05) is 24.3 Å². The van der Waals surface area contributed by atoms with Gasteiger partial charge < -0.3 is 10.7 Å². The quantitative estimate of drug-likeness (QED) is 0.765. The van der Waals surface area contributed by atoms with Crippen LogP contribution in [-0.4, -0.2) is 9.97 Å². The van der Waals surface area contributed by atoms with Crippen LogP contribution in [0, 0.1) is 6.92 Å². The molecule has 0 atom stereocenters. The van der Waals surface area contributed by atoms with Gasteiger partial charge in [-0.3, -0.25) is 0 Å². The normalized spacial score (nSPS) is 11.2. The lowest BCUT2D eigenvalue weighted by atomic mass is 10.2. The van der Waals surface area contributed by atoms with Crippen LogP contribution < -0.4 is 5.73 Å². The zero-order valence-corrected chi connectivity index (χ0v) is 12.6. The summed E-state index contributed by atoms with van der Waals surface area (Å²) in [4.78, 5) is 8.84. The zero-order chi connectivity index (χ0) is 14.1. The first-order valence-corrected chi connectivity index (χ1v) is 7.48. The summed E-state index contributed by atoms with van der Waals surface area (Å²) in [6.07, 6.45) is 0. The van der Waals surface area contributed by atoms with Crippen molar-refractivity contribution in [3.05, 3.63) is 52.5 Å². The number of halogens is 1. The number of rotatable bonds is 3. The van der Waals surface area contributed by atoms with Crippen molar-refractivity contribution >= 4 is 34.4 Å². The summed E-state index contributed by atoms with van der Waals surface area (Å²) in [6.45, 7) is 2.56. The van der Waals surface area contributed by atoms with Crippen LogP contribution in [-0.2, 0) is 6.54 Å². The van der Waals surface area contributed by atoms with Crippen molar-refractivity contribution in [2.45, 2.75) is 23.5 Å². The van der Waals surface area contributed by atoms with E-state index >= 15 is 0 Å². The van der Waals surface area contributed by atoms with Crippen molar-refractivity contribution in [1.82, 2.24) is 9.97 Å². The van der Waals surface area contributed by atoms with Crippen LogP contribution in [0.5, 0.6) is 0 Å². The highest BCUT2D eigenvalue weighted by molar-refractivity contribution is 7.99. The average Bonchev–Trinajstić information content (AvgIpc) is 2.82. The predicted octanol–water partition coefficient (Wildman–Crippen LogP) is 4.13. The lowest BCUT2D eigenvalue weighted by Crippen LogP contribution is -1.95. The summed E-state index contributed by atoms with van der Waals surface area (Å²) in [5, 5.41) is 1.54. The van der Waals surface area contributed by atoms with Gasteiger partial charge in [-0.05, 0) is 42.3 Å². The topological polar surface area (TPSA) is 54.7 Å². The third-order valence-electron chi connectivity index (χ3n) is 3.05. The highest BCUT2D eigenvalue weighted by atomic mass is 35.5. The molecule has 20 heavy (non-hydrogen) atoms. The molecule has 0 spiro atoms. The smallest absolute Gasteiger partial charge is 0.171 e. The molecule has 1 heterocycles. The van der Waals surface area contributed by atoms with Gasteiger partial charge >= 0.3 is 0 Å². The molecular formula is C15H14ClN3S. The molecule has 0 fully saturated rings. The number of imidazole rings is 1. The van der Waals surface area contributed by atoms with Crippen molar-refractivity contribution in [3.8, 4) is 0 Å². The summed E-state index contributed by atoms with van der Waals surface area (Å²) >= 11 is 7.79. The van der Waals surface area contributed by atoms with Crippen LogP contribution in [0.3, 0.4) is 0 Å². The Morgan fingerprint density at radius 3 is 2.85 bits per heavy atom. The lowest BCUT2D eigenvalue weighted by Gasteiger charge is -2.03. The molecule has 2 aromatic carbocycles. The van der Waals surface area contributed by atoms with Crippen molar-refractivity contribution in [2.75, 3.05) is 0 Å². The van der Waals surface area contributed by atoms with Gasteiger partial charge in [0.05, 0.1) is 16.1 Å². The van der Waals surface area contributed by atoms with E-state index in [9.17, 15) is 0 Å². The molecule has 0 saturated carbocycles. The maximum atomic E-state index is 6.26. The molecular weight excluding hydrogens is 290 g/mol. The van der Waals surface area contributed by atoms with E-state index in [2.05, 4.69) is 29.0 Å². The molecule has 0 aliphatic heterocycles. The second kappa shape index (κ2) is 5.48. The van der Waals surface area contributed by atoms with Crippen LogP contribution in [0.1, 0.15) is 11.1 Å². The van der Waals surface area contributed by atoms with Gasteiger partial charge in [0.15, 0.2) is 5.16 Å². The van der Waals surface area contributed by atoms with Gasteiger partial charge in [0.1, 0.15) is 0 Å². The second-order valence-electron chi connectivity index (χ2n) is 4.63. The van der Waals surface area contributed by atoms with E-state index in [0.29, 0.717) is 11.6 Å². The van der Waals surface area contributed by atoms with E-state index in [1.165, 1.54) is 17.3 Å². The number of aromatic amines is 1. The first-order valence-electron chi connectivity index (χ1n) is 6.28. The van der Waals surface area contributed by atoms with Gasteiger partial charge in [-0.25, -0.2) is 4.98 Å². The third-order valence-corrected chi connectivity index (χ3v) is 4.44. The molecule has 0 bridgehead atoms. The monoisotopic (exact) mass is 303 g/mol. The van der Waals surface area contributed by atoms with E-state index in [1.54, 1.807) is 0 Å². The standard InChI is InChI=1S/C15H14ClN3S/c1-9-2-4-12-13(6-9)19-15(18-12)20-14-5-3-10(8-17)7-11(14)16/h2-7H,8,17H2,1H3,(H,18,19). The Labute approximate surface area is 126 Å². The van der Waals surface area contributed by atoms with Crippen molar-refractivity contribution < 1.29 is 0 Å². The number of nitrogens with two attached hydrogens (primary N) is 1. The average molecular weight is 304 g/mol. The number of fused-ring (bicyclic) bond motifs is 1. The van der Waals surface area contributed by atoms with Gasteiger partial charge in [-0.15, -0.1) is 0 Å². The van der Waals surface area contributed by atoms with Crippen molar-refractivity contribution in [1.29, 1.82) is 0 Å². The minimum Gasteiger partial charge on any atom is -0.333 e. The van der Waals surface area contributed by atoms with Gasteiger partial charge in [0, 0.05) is 11.4 Å². The first-order chi connectivity index (χ1) is 9.65. The molecule has 0 aliphatic carbocycles. The predicted molar refractivity (Wildman–Crippen MR) is 84.3 cm³/mol. The summed E-state index contributed by atoms with van der Waals surface area (Å²) in [5.41, 5.74) is 9.85. The second-order valence-corrected chi connectivity index (χ2v) is 6.07. The Balaban J connectivity index is 1.92. The minimum absolute atomic E-state index is 0.495. The number of nitrogens with one attached hydrogen (secondary N) is 1. The van der Waals surface area contributed by atoms with Crippen LogP contribution in [0.4, 0.5) is 0 Å². The van der Waals surface area contributed by atoms with Gasteiger partial charge in [0.25, 0.3) is 0 Å². The molecule has 5 heteroatoms. The third kappa shape index (κ3) is 2.68. The molecule has 0 unspecified atom stereocenters. The van der Waals surface area contributed by atoms with Crippen LogP contribution in [0.25, 0.3) is 11.0 Å². The lowest BCUT2D eigenvalue weighted by molar-refractivity contribution is 1.06. The number of nitrogens with zero attached hydrogens (tertiary/aromatic N) is 1. The first kappa shape index (κ1) is 13.5. The fourth-order valence-corrected chi connectivity index (χ4v) is 3.13. The molecule has 3 N–H and O–H groups in total. The number of hydrogen-bond donors (Lipinski definition) is 2. The molecule has 0 radical (unpaired) electrons. The molecule has 0 saturated heterocycles. The Morgan fingerprint density at radius 1 is 1.25 bits per heavy atom. The highest BCUT2D eigenvalue weighted by Crippen LogP contribution is 2.33. The Morgan fingerprint density at radius 2 is 2.10 bits per heavy atom. The summed E-state index contributed by atoms with van der Waals surface area (Å²) in [5.74, 6) is 0. The SMILES string of the molecule is Cc1ccc2nc(Sc3ccc(CN)cc3Cl)[nH]c2c1. The van der Waals surface area contributed by atoms with E-state index < -0.39 is 0 Å². The number of aromatic nitrogens is 2. The molecule has 102 valence electrons. The Kier molecular flexibility index (Phi) is 3.70. The van der Waals surface area contributed by atoms with E-state index in [4.69, 9.17) is 17.3 Å². The summed E-state index contributed by atoms with van der Waals surface area (Å²) in [6, 6.07) is 12.0. The Bertz CT molecular complexity index is 767. The highest BCUT2D eigenvalue weighted by Gasteiger charge is 2.08. The molecule has 3 aromatic rings. The molecule has 1 aromatic heterocycles. The fourth-order valence-electron chi connectivity index (χ4n) is 2.01. The molecule has 3 nitrogen and oxygen atoms in total. The number of aryl methyl sites for hydroxylation is 1. The van der Waals surface area contributed by atoms with Gasteiger partial charge in [0.2, 0.25) is 0 Å². The largest absolute Gasteiger partial charge is 0.333 e.